The van der Waals surface area contributed by atoms with Crippen molar-refractivity contribution in [3.8, 4) is 6.07 Å². The van der Waals surface area contributed by atoms with Crippen molar-refractivity contribution >= 4 is 45.8 Å². The van der Waals surface area contributed by atoms with Crippen LogP contribution in [0.25, 0.3) is 16.7 Å². The van der Waals surface area contributed by atoms with Gasteiger partial charge in [0.2, 0.25) is 0 Å². The van der Waals surface area contributed by atoms with Gasteiger partial charge in [0.25, 0.3) is 11.8 Å². The van der Waals surface area contributed by atoms with Gasteiger partial charge in [0.1, 0.15) is 23.0 Å². The highest BCUT2D eigenvalue weighted by molar-refractivity contribution is 6.36. The first-order valence-electron chi connectivity index (χ1n) is 8.21. The molecule has 130 valence electrons. The van der Waals surface area contributed by atoms with Gasteiger partial charge in [0.15, 0.2) is 0 Å². The van der Waals surface area contributed by atoms with Crippen LogP contribution in [-0.2, 0) is 7.05 Å². The molecule has 4 aromatic rings. The van der Waals surface area contributed by atoms with E-state index in [4.69, 9.17) is 11.6 Å². The quantitative estimate of drug-likeness (QED) is 0.476. The summed E-state index contributed by atoms with van der Waals surface area (Å²) in [6.45, 7) is 0. The van der Waals surface area contributed by atoms with Crippen molar-refractivity contribution < 1.29 is 9.59 Å². The SMILES string of the molecule is Cn1c2ccccc2n2c3c(c(C#N)c12)C(=O)N(c1cccc(Cl)c1)C3=O. The number of para-hydroxylation sites is 2. The fourth-order valence-electron chi connectivity index (χ4n) is 3.84. The summed E-state index contributed by atoms with van der Waals surface area (Å²) in [5.74, 6) is -0.980. The first-order chi connectivity index (χ1) is 13.0. The van der Waals surface area contributed by atoms with Gasteiger partial charge in [-0.05, 0) is 30.3 Å². The summed E-state index contributed by atoms with van der Waals surface area (Å²) in [7, 11) is 1.82. The Morgan fingerprint density at radius 2 is 1.74 bits per heavy atom. The van der Waals surface area contributed by atoms with E-state index in [1.54, 1.807) is 28.7 Å². The number of aryl methyl sites for hydroxylation is 1. The molecule has 0 atom stereocenters. The average Bonchev–Trinajstić information content (AvgIpc) is 3.24. The second kappa shape index (κ2) is 5.22. The molecule has 3 heterocycles. The Balaban J connectivity index is 1.88. The molecule has 5 rings (SSSR count). The Bertz CT molecular complexity index is 1360. The number of nitrogens with zero attached hydrogens (tertiary/aromatic N) is 4. The molecule has 0 aliphatic carbocycles. The van der Waals surface area contributed by atoms with E-state index in [0.717, 1.165) is 15.9 Å². The number of carbonyl (C=O) groups excluding carboxylic acids is 2. The van der Waals surface area contributed by atoms with Crippen LogP contribution < -0.4 is 4.90 Å². The van der Waals surface area contributed by atoms with Crippen molar-refractivity contribution in [2.24, 2.45) is 7.05 Å². The van der Waals surface area contributed by atoms with Gasteiger partial charge < -0.3 is 4.57 Å². The van der Waals surface area contributed by atoms with Crippen LogP contribution in [0, 0.1) is 11.3 Å². The summed E-state index contributed by atoms with van der Waals surface area (Å²) >= 11 is 6.03. The van der Waals surface area contributed by atoms with Gasteiger partial charge >= 0.3 is 0 Å². The smallest absolute Gasteiger partial charge is 0.283 e. The van der Waals surface area contributed by atoms with Crippen LogP contribution in [0.2, 0.25) is 5.02 Å². The molecular weight excluding hydrogens is 364 g/mol. The summed E-state index contributed by atoms with van der Waals surface area (Å²) in [6.07, 6.45) is 0. The van der Waals surface area contributed by atoms with Crippen molar-refractivity contribution in [2.75, 3.05) is 4.90 Å². The monoisotopic (exact) mass is 374 g/mol. The molecule has 7 heteroatoms. The van der Waals surface area contributed by atoms with Gasteiger partial charge in [0.05, 0.1) is 22.3 Å². The zero-order valence-electron chi connectivity index (χ0n) is 14.1. The van der Waals surface area contributed by atoms with Gasteiger partial charge in [-0.15, -0.1) is 0 Å². The standard InChI is InChI=1S/C20H11ClN4O2/c1-23-14-7-2-3-8-15(14)25-17-16(13(10-22)18(23)25)19(26)24(20(17)27)12-6-4-5-11(21)9-12/h2-9H,1H3. The van der Waals surface area contributed by atoms with Crippen LogP contribution in [-0.4, -0.2) is 20.8 Å². The number of imide groups is 1. The predicted octanol–water partition coefficient (Wildman–Crippen LogP) is 3.76. The van der Waals surface area contributed by atoms with Crippen molar-refractivity contribution in [3.63, 3.8) is 0 Å². The number of anilines is 1. The second-order valence-corrected chi connectivity index (χ2v) is 6.78. The summed E-state index contributed by atoms with van der Waals surface area (Å²) in [5.41, 5.74) is 3.10. The van der Waals surface area contributed by atoms with E-state index < -0.39 is 11.8 Å². The Hall–Kier alpha value is -3.56. The molecule has 0 spiro atoms. The van der Waals surface area contributed by atoms with Crippen LogP contribution in [0.5, 0.6) is 0 Å². The Morgan fingerprint density at radius 3 is 2.44 bits per heavy atom. The van der Waals surface area contributed by atoms with Gasteiger partial charge in [-0.25, -0.2) is 4.90 Å². The molecule has 0 N–H and O–H groups in total. The maximum atomic E-state index is 13.2. The number of hydrogen-bond acceptors (Lipinski definition) is 3. The molecule has 0 bridgehead atoms. The third-order valence-electron chi connectivity index (χ3n) is 4.95. The van der Waals surface area contributed by atoms with Gasteiger partial charge in [0, 0.05) is 12.1 Å². The molecular formula is C20H11ClN4O2. The predicted molar refractivity (Wildman–Crippen MR) is 101 cm³/mol. The second-order valence-electron chi connectivity index (χ2n) is 6.34. The highest BCUT2D eigenvalue weighted by Crippen LogP contribution is 2.37. The van der Waals surface area contributed by atoms with Gasteiger partial charge in [-0.3, -0.25) is 14.0 Å². The number of imidazole rings is 1. The zero-order chi connectivity index (χ0) is 18.9. The summed E-state index contributed by atoms with van der Waals surface area (Å²) in [6, 6.07) is 16.2. The van der Waals surface area contributed by atoms with Crippen LogP contribution in [0.3, 0.4) is 0 Å². The number of aromatic nitrogens is 2. The fraction of sp³-hybridized carbons (Fsp3) is 0.0500. The normalized spacial score (nSPS) is 13.6. The number of benzene rings is 2. The third-order valence-corrected chi connectivity index (χ3v) is 5.18. The van der Waals surface area contributed by atoms with Crippen LogP contribution >= 0.6 is 11.6 Å². The lowest BCUT2D eigenvalue weighted by Crippen LogP contribution is -2.30. The Kier molecular flexibility index (Phi) is 3.03. The molecule has 2 amide bonds. The van der Waals surface area contributed by atoms with Crippen LogP contribution in [0.4, 0.5) is 5.69 Å². The molecule has 0 fully saturated rings. The summed E-state index contributed by atoms with van der Waals surface area (Å²) in [4.78, 5) is 27.4. The van der Waals surface area contributed by atoms with Crippen molar-refractivity contribution in [1.29, 1.82) is 5.26 Å². The molecule has 0 saturated heterocycles. The third kappa shape index (κ3) is 1.84. The fourth-order valence-corrected chi connectivity index (χ4v) is 4.02. The van der Waals surface area contributed by atoms with E-state index in [9.17, 15) is 14.9 Å². The summed E-state index contributed by atoms with van der Waals surface area (Å²) in [5, 5.41) is 10.2. The highest BCUT2D eigenvalue weighted by Gasteiger charge is 2.44. The lowest BCUT2D eigenvalue weighted by atomic mass is 10.1. The molecule has 27 heavy (non-hydrogen) atoms. The van der Waals surface area contributed by atoms with E-state index >= 15 is 0 Å². The number of rotatable bonds is 1. The van der Waals surface area contributed by atoms with Gasteiger partial charge in [-0.1, -0.05) is 29.8 Å². The molecule has 0 radical (unpaired) electrons. The van der Waals surface area contributed by atoms with Crippen molar-refractivity contribution in [1.82, 2.24) is 8.97 Å². The Labute approximate surface area is 158 Å². The molecule has 2 aromatic carbocycles. The van der Waals surface area contributed by atoms with E-state index in [1.165, 1.54) is 0 Å². The number of nitriles is 1. The largest absolute Gasteiger partial charge is 0.328 e. The van der Waals surface area contributed by atoms with Crippen molar-refractivity contribution in [3.05, 3.63) is 70.4 Å². The van der Waals surface area contributed by atoms with E-state index in [1.807, 2.05) is 35.9 Å². The van der Waals surface area contributed by atoms with Crippen LogP contribution in [0.1, 0.15) is 26.4 Å². The minimum absolute atomic E-state index is 0.138. The van der Waals surface area contributed by atoms with Gasteiger partial charge in [-0.2, -0.15) is 5.26 Å². The first-order valence-corrected chi connectivity index (χ1v) is 8.58. The first kappa shape index (κ1) is 15.7. The molecule has 1 aliphatic rings. The maximum absolute atomic E-state index is 13.2. The lowest BCUT2D eigenvalue weighted by molar-refractivity contribution is 0.0924. The topological polar surface area (TPSA) is 70.5 Å². The molecule has 0 saturated carbocycles. The molecule has 0 unspecified atom stereocenters. The maximum Gasteiger partial charge on any atom is 0.283 e. The highest BCUT2D eigenvalue weighted by atomic mass is 35.5. The number of fused-ring (bicyclic) bond motifs is 5. The van der Waals surface area contributed by atoms with E-state index in [-0.39, 0.29) is 16.8 Å². The number of carbonyl (C=O) groups is 2. The molecule has 6 nitrogen and oxygen atoms in total. The number of amides is 2. The molecule has 1 aliphatic heterocycles. The average molecular weight is 375 g/mol. The van der Waals surface area contributed by atoms with E-state index in [2.05, 4.69) is 6.07 Å². The number of hydrogen-bond donors (Lipinski definition) is 0. The van der Waals surface area contributed by atoms with Crippen LogP contribution in [0.15, 0.2) is 48.5 Å². The molecule has 2 aromatic heterocycles. The minimum Gasteiger partial charge on any atom is -0.328 e. The summed E-state index contributed by atoms with van der Waals surface area (Å²) < 4.78 is 3.53. The van der Waals surface area contributed by atoms with E-state index in [0.29, 0.717) is 16.4 Å². The van der Waals surface area contributed by atoms with Crippen molar-refractivity contribution in [2.45, 2.75) is 0 Å². The Morgan fingerprint density at radius 1 is 1.00 bits per heavy atom. The number of halogens is 1. The zero-order valence-corrected chi connectivity index (χ0v) is 14.9. The minimum atomic E-state index is -0.512. The lowest BCUT2D eigenvalue weighted by Gasteiger charge is -2.14.